The lowest BCUT2D eigenvalue weighted by atomic mass is 9.97. The van der Waals surface area contributed by atoms with E-state index in [0.717, 1.165) is 29.1 Å². The monoisotopic (exact) mass is 243 g/mol. The highest BCUT2D eigenvalue weighted by Gasteiger charge is 2.21. The van der Waals surface area contributed by atoms with E-state index in [1.54, 1.807) is 6.26 Å². The van der Waals surface area contributed by atoms with Crippen molar-refractivity contribution in [1.29, 1.82) is 0 Å². The molecular weight excluding hydrogens is 226 g/mol. The van der Waals surface area contributed by atoms with Crippen LogP contribution in [0.5, 0.6) is 5.75 Å². The molecule has 0 saturated heterocycles. The highest BCUT2D eigenvalue weighted by Crippen LogP contribution is 2.32. The van der Waals surface area contributed by atoms with E-state index >= 15 is 0 Å². The van der Waals surface area contributed by atoms with Gasteiger partial charge in [-0.3, -0.25) is 0 Å². The van der Waals surface area contributed by atoms with Crippen LogP contribution in [0.25, 0.3) is 0 Å². The normalized spacial score (nSPS) is 19.4. The summed E-state index contributed by atoms with van der Waals surface area (Å²) in [5, 5.41) is 0. The van der Waals surface area contributed by atoms with Gasteiger partial charge in [0.15, 0.2) is 0 Å². The van der Waals surface area contributed by atoms with Gasteiger partial charge in [-0.1, -0.05) is 12.1 Å². The van der Waals surface area contributed by atoms with E-state index in [-0.39, 0.29) is 12.1 Å². The SMILES string of the molecule is Cc1occc1C(N)c1ccc2c(c1)CC(C)O2. The Morgan fingerprint density at radius 1 is 1.33 bits per heavy atom. The molecule has 3 nitrogen and oxygen atoms in total. The smallest absolute Gasteiger partial charge is 0.123 e. The second kappa shape index (κ2) is 4.18. The first-order valence-corrected chi connectivity index (χ1v) is 6.24. The topological polar surface area (TPSA) is 48.4 Å². The molecule has 1 aliphatic heterocycles. The summed E-state index contributed by atoms with van der Waals surface area (Å²) in [6, 6.07) is 8.00. The fourth-order valence-corrected chi connectivity index (χ4v) is 2.53. The zero-order valence-corrected chi connectivity index (χ0v) is 10.6. The molecule has 0 bridgehead atoms. The lowest BCUT2D eigenvalue weighted by molar-refractivity contribution is 0.254. The second-order valence-electron chi connectivity index (χ2n) is 4.91. The largest absolute Gasteiger partial charge is 0.490 e. The molecule has 0 radical (unpaired) electrons. The van der Waals surface area contributed by atoms with Crippen LogP contribution in [0.4, 0.5) is 0 Å². The lowest BCUT2D eigenvalue weighted by Gasteiger charge is -2.12. The van der Waals surface area contributed by atoms with E-state index in [1.807, 2.05) is 25.1 Å². The average Bonchev–Trinajstić information content (AvgIpc) is 2.91. The lowest BCUT2D eigenvalue weighted by Crippen LogP contribution is -2.12. The summed E-state index contributed by atoms with van der Waals surface area (Å²) in [7, 11) is 0. The van der Waals surface area contributed by atoms with Gasteiger partial charge in [-0.2, -0.15) is 0 Å². The fraction of sp³-hybridized carbons (Fsp3) is 0.333. The molecule has 0 amide bonds. The molecular formula is C15H17NO2. The van der Waals surface area contributed by atoms with Crippen LogP contribution in [0.1, 0.15) is 35.4 Å². The van der Waals surface area contributed by atoms with Crippen molar-refractivity contribution in [2.45, 2.75) is 32.4 Å². The number of furan rings is 1. The molecule has 94 valence electrons. The van der Waals surface area contributed by atoms with E-state index in [9.17, 15) is 0 Å². The summed E-state index contributed by atoms with van der Waals surface area (Å²) in [4.78, 5) is 0. The minimum atomic E-state index is -0.134. The molecule has 2 heterocycles. The first-order valence-electron chi connectivity index (χ1n) is 6.24. The van der Waals surface area contributed by atoms with Crippen LogP contribution in [0, 0.1) is 6.92 Å². The van der Waals surface area contributed by atoms with Crippen molar-refractivity contribution in [3.8, 4) is 5.75 Å². The van der Waals surface area contributed by atoms with Gasteiger partial charge in [0.05, 0.1) is 12.3 Å². The van der Waals surface area contributed by atoms with Gasteiger partial charge in [-0.25, -0.2) is 0 Å². The third kappa shape index (κ3) is 1.81. The van der Waals surface area contributed by atoms with Crippen molar-refractivity contribution in [1.82, 2.24) is 0 Å². The summed E-state index contributed by atoms with van der Waals surface area (Å²) in [5.74, 6) is 1.87. The van der Waals surface area contributed by atoms with E-state index < -0.39 is 0 Å². The van der Waals surface area contributed by atoms with E-state index in [2.05, 4.69) is 13.0 Å². The number of hydrogen-bond acceptors (Lipinski definition) is 3. The fourth-order valence-electron chi connectivity index (χ4n) is 2.53. The van der Waals surface area contributed by atoms with Gasteiger partial charge in [0.2, 0.25) is 0 Å². The third-order valence-electron chi connectivity index (χ3n) is 3.51. The maximum absolute atomic E-state index is 6.29. The van der Waals surface area contributed by atoms with E-state index in [4.69, 9.17) is 14.9 Å². The quantitative estimate of drug-likeness (QED) is 0.882. The van der Waals surface area contributed by atoms with Crippen LogP contribution in [-0.4, -0.2) is 6.10 Å². The van der Waals surface area contributed by atoms with Gasteiger partial charge in [0, 0.05) is 12.0 Å². The molecule has 1 aliphatic rings. The molecule has 2 atom stereocenters. The molecule has 2 unspecified atom stereocenters. The van der Waals surface area contributed by atoms with Crippen molar-refractivity contribution in [2.24, 2.45) is 5.73 Å². The highest BCUT2D eigenvalue weighted by atomic mass is 16.5. The van der Waals surface area contributed by atoms with Crippen molar-refractivity contribution in [3.05, 3.63) is 53.0 Å². The molecule has 0 saturated carbocycles. The second-order valence-corrected chi connectivity index (χ2v) is 4.91. The molecule has 3 heteroatoms. The van der Waals surface area contributed by atoms with Gasteiger partial charge in [0.25, 0.3) is 0 Å². The molecule has 18 heavy (non-hydrogen) atoms. The average molecular weight is 243 g/mol. The Hall–Kier alpha value is -1.74. The van der Waals surface area contributed by atoms with Gasteiger partial charge in [-0.05, 0) is 37.1 Å². The van der Waals surface area contributed by atoms with Gasteiger partial charge in [-0.15, -0.1) is 0 Å². The van der Waals surface area contributed by atoms with Crippen LogP contribution < -0.4 is 10.5 Å². The maximum Gasteiger partial charge on any atom is 0.123 e. The summed E-state index contributed by atoms with van der Waals surface area (Å²) < 4.78 is 11.0. The van der Waals surface area contributed by atoms with Crippen LogP contribution in [-0.2, 0) is 6.42 Å². The first-order chi connectivity index (χ1) is 8.65. The number of hydrogen-bond donors (Lipinski definition) is 1. The number of aryl methyl sites for hydroxylation is 1. The predicted molar refractivity (Wildman–Crippen MR) is 69.7 cm³/mol. The number of rotatable bonds is 2. The summed E-state index contributed by atoms with van der Waals surface area (Å²) in [6.45, 7) is 4.02. The first kappa shape index (κ1) is 11.4. The Bertz CT molecular complexity index is 574. The van der Waals surface area contributed by atoms with Crippen LogP contribution in [0.2, 0.25) is 0 Å². The van der Waals surface area contributed by atoms with Crippen molar-refractivity contribution < 1.29 is 9.15 Å². The molecule has 2 N–H and O–H groups in total. The molecule has 0 aliphatic carbocycles. The summed E-state index contributed by atoms with van der Waals surface area (Å²) >= 11 is 0. The number of nitrogens with two attached hydrogens (primary N) is 1. The molecule has 1 aromatic heterocycles. The van der Waals surface area contributed by atoms with Crippen molar-refractivity contribution in [3.63, 3.8) is 0 Å². The Balaban J connectivity index is 1.94. The van der Waals surface area contributed by atoms with Crippen LogP contribution in [0.3, 0.4) is 0 Å². The Morgan fingerprint density at radius 2 is 2.17 bits per heavy atom. The molecule has 2 aromatic rings. The zero-order chi connectivity index (χ0) is 12.7. The van der Waals surface area contributed by atoms with Crippen molar-refractivity contribution >= 4 is 0 Å². The summed E-state index contributed by atoms with van der Waals surface area (Å²) in [6.07, 6.45) is 2.91. The van der Waals surface area contributed by atoms with E-state index in [1.165, 1.54) is 5.56 Å². The van der Waals surface area contributed by atoms with E-state index in [0.29, 0.717) is 0 Å². The summed E-state index contributed by atoms with van der Waals surface area (Å²) in [5.41, 5.74) is 9.69. The standard InChI is InChI=1S/C15H17NO2/c1-9-7-12-8-11(3-4-14(12)18-9)15(16)13-5-6-17-10(13)2/h3-6,8-9,15H,7,16H2,1-2H3. The minimum absolute atomic E-state index is 0.134. The number of ether oxygens (including phenoxy) is 1. The Kier molecular flexibility index (Phi) is 2.63. The molecule has 3 rings (SSSR count). The van der Waals surface area contributed by atoms with Gasteiger partial charge in [0.1, 0.15) is 17.6 Å². The predicted octanol–water partition coefficient (Wildman–Crippen LogP) is 2.96. The van der Waals surface area contributed by atoms with Crippen LogP contribution in [0.15, 0.2) is 34.9 Å². The minimum Gasteiger partial charge on any atom is -0.490 e. The number of fused-ring (bicyclic) bond motifs is 1. The van der Waals surface area contributed by atoms with Crippen LogP contribution >= 0.6 is 0 Å². The van der Waals surface area contributed by atoms with Gasteiger partial charge < -0.3 is 14.9 Å². The highest BCUT2D eigenvalue weighted by molar-refractivity contribution is 5.44. The molecule has 0 fully saturated rings. The zero-order valence-electron chi connectivity index (χ0n) is 10.6. The van der Waals surface area contributed by atoms with Crippen molar-refractivity contribution in [2.75, 3.05) is 0 Å². The molecule has 0 spiro atoms. The Morgan fingerprint density at radius 3 is 2.89 bits per heavy atom. The third-order valence-corrected chi connectivity index (χ3v) is 3.51. The van der Waals surface area contributed by atoms with Gasteiger partial charge >= 0.3 is 0 Å². The maximum atomic E-state index is 6.29. The number of benzene rings is 1. The molecule has 1 aromatic carbocycles. The Labute approximate surface area is 107 Å².